The Morgan fingerprint density at radius 2 is 1.92 bits per heavy atom. The highest BCUT2D eigenvalue weighted by molar-refractivity contribution is 7.99. The van der Waals surface area contributed by atoms with E-state index in [1.54, 1.807) is 28.9 Å². The van der Waals surface area contributed by atoms with Crippen molar-refractivity contribution < 1.29 is 9.53 Å². The predicted octanol–water partition coefficient (Wildman–Crippen LogP) is 2.60. The summed E-state index contributed by atoms with van der Waals surface area (Å²) in [4.78, 5) is 12.0. The van der Waals surface area contributed by atoms with Gasteiger partial charge in [-0.3, -0.25) is 4.79 Å². The van der Waals surface area contributed by atoms with Crippen LogP contribution < -0.4 is 10.1 Å². The first kappa shape index (κ1) is 18.2. The van der Waals surface area contributed by atoms with Gasteiger partial charge in [0, 0.05) is 5.02 Å². The second-order valence-electron chi connectivity index (χ2n) is 5.15. The van der Waals surface area contributed by atoms with Gasteiger partial charge in [0.15, 0.2) is 0 Å². The van der Waals surface area contributed by atoms with Gasteiger partial charge in [0.05, 0.1) is 18.0 Å². The molecule has 0 atom stereocenters. The highest BCUT2D eigenvalue weighted by Gasteiger charge is 2.11. The summed E-state index contributed by atoms with van der Waals surface area (Å²) in [5, 5.41) is 15.6. The summed E-state index contributed by atoms with van der Waals surface area (Å²) in [7, 11) is 0. The second-order valence-corrected chi connectivity index (χ2v) is 6.53. The van der Waals surface area contributed by atoms with E-state index in [1.807, 2.05) is 30.3 Å². The van der Waals surface area contributed by atoms with Crippen molar-refractivity contribution in [1.29, 1.82) is 0 Å². The molecule has 0 radical (unpaired) electrons. The smallest absolute Gasteiger partial charge is 0.230 e. The molecular formula is C17H16ClN5O2S. The highest BCUT2D eigenvalue weighted by atomic mass is 35.5. The number of tetrazole rings is 1. The largest absolute Gasteiger partial charge is 0.492 e. The second kappa shape index (κ2) is 9.21. The number of ether oxygens (including phenoxy) is 1. The molecule has 0 spiro atoms. The molecule has 0 bridgehead atoms. The number of thioether (sulfide) groups is 1. The zero-order valence-corrected chi connectivity index (χ0v) is 15.3. The number of benzene rings is 2. The summed E-state index contributed by atoms with van der Waals surface area (Å²) in [5.74, 6) is 0.811. The molecule has 1 N–H and O–H groups in total. The molecule has 7 nitrogen and oxygen atoms in total. The van der Waals surface area contributed by atoms with Crippen molar-refractivity contribution in [3.05, 3.63) is 59.6 Å². The first-order valence-corrected chi connectivity index (χ1v) is 9.20. The van der Waals surface area contributed by atoms with E-state index in [0.29, 0.717) is 29.1 Å². The van der Waals surface area contributed by atoms with Crippen molar-refractivity contribution in [2.45, 2.75) is 5.16 Å². The van der Waals surface area contributed by atoms with Crippen LogP contribution in [0.25, 0.3) is 5.69 Å². The lowest BCUT2D eigenvalue weighted by molar-refractivity contribution is -0.118. The molecule has 0 aliphatic heterocycles. The van der Waals surface area contributed by atoms with Crippen LogP contribution >= 0.6 is 23.4 Å². The number of carbonyl (C=O) groups is 1. The standard InChI is InChI=1S/C17H16ClN5O2S/c18-13-6-8-15(9-7-13)25-11-10-19-16(24)12-26-17-20-21-22-23(17)14-4-2-1-3-5-14/h1-9H,10-12H2,(H,19,24). The van der Waals surface area contributed by atoms with E-state index in [0.717, 1.165) is 5.69 Å². The Bertz CT molecular complexity index is 842. The Morgan fingerprint density at radius 1 is 1.15 bits per heavy atom. The van der Waals surface area contributed by atoms with Gasteiger partial charge >= 0.3 is 0 Å². The van der Waals surface area contributed by atoms with Crippen LogP contribution in [0.3, 0.4) is 0 Å². The van der Waals surface area contributed by atoms with Crippen molar-refractivity contribution in [2.24, 2.45) is 0 Å². The van der Waals surface area contributed by atoms with Gasteiger partial charge in [-0.05, 0) is 46.8 Å². The Kier molecular flexibility index (Phi) is 6.45. The molecule has 9 heteroatoms. The minimum atomic E-state index is -0.114. The van der Waals surface area contributed by atoms with E-state index >= 15 is 0 Å². The number of aromatic nitrogens is 4. The fraction of sp³-hybridized carbons (Fsp3) is 0.176. The van der Waals surface area contributed by atoms with Gasteiger partial charge in [-0.25, -0.2) is 0 Å². The molecule has 0 saturated carbocycles. The fourth-order valence-electron chi connectivity index (χ4n) is 2.07. The van der Waals surface area contributed by atoms with E-state index < -0.39 is 0 Å². The quantitative estimate of drug-likeness (QED) is 0.471. The van der Waals surface area contributed by atoms with Gasteiger partial charge < -0.3 is 10.1 Å². The van der Waals surface area contributed by atoms with Crippen LogP contribution in [0.1, 0.15) is 0 Å². The van der Waals surface area contributed by atoms with Crippen molar-refractivity contribution in [2.75, 3.05) is 18.9 Å². The van der Waals surface area contributed by atoms with Crippen LogP contribution in [0, 0.1) is 0 Å². The fourth-order valence-corrected chi connectivity index (χ4v) is 2.92. The Morgan fingerprint density at radius 3 is 2.69 bits per heavy atom. The molecule has 1 heterocycles. The normalized spacial score (nSPS) is 10.5. The van der Waals surface area contributed by atoms with Crippen LogP contribution in [-0.4, -0.2) is 45.0 Å². The summed E-state index contributed by atoms with van der Waals surface area (Å²) in [6.07, 6.45) is 0. The van der Waals surface area contributed by atoms with Crippen LogP contribution in [0.4, 0.5) is 0 Å². The van der Waals surface area contributed by atoms with Crippen LogP contribution in [0.2, 0.25) is 5.02 Å². The maximum Gasteiger partial charge on any atom is 0.230 e. The van der Waals surface area contributed by atoms with Gasteiger partial charge in [-0.15, -0.1) is 5.10 Å². The van der Waals surface area contributed by atoms with Crippen molar-refractivity contribution in [1.82, 2.24) is 25.5 Å². The van der Waals surface area contributed by atoms with Crippen molar-refractivity contribution >= 4 is 29.3 Å². The number of nitrogens with one attached hydrogen (secondary N) is 1. The zero-order valence-electron chi connectivity index (χ0n) is 13.7. The topological polar surface area (TPSA) is 81.9 Å². The number of carbonyl (C=O) groups excluding carboxylic acids is 1. The molecule has 3 aromatic rings. The molecule has 26 heavy (non-hydrogen) atoms. The maximum absolute atomic E-state index is 12.0. The average Bonchev–Trinajstić information content (AvgIpc) is 3.14. The van der Waals surface area contributed by atoms with Crippen LogP contribution in [0.15, 0.2) is 59.8 Å². The van der Waals surface area contributed by atoms with Gasteiger partial charge in [0.25, 0.3) is 0 Å². The molecule has 2 aromatic carbocycles. The number of halogens is 1. The first-order valence-electron chi connectivity index (χ1n) is 7.84. The SMILES string of the molecule is O=C(CSc1nnnn1-c1ccccc1)NCCOc1ccc(Cl)cc1. The van der Waals surface area contributed by atoms with Gasteiger partial charge in [-0.1, -0.05) is 41.6 Å². The predicted molar refractivity (Wildman–Crippen MR) is 99.8 cm³/mol. The number of amides is 1. The lowest BCUT2D eigenvalue weighted by atomic mass is 10.3. The molecule has 134 valence electrons. The molecule has 0 aliphatic carbocycles. The summed E-state index contributed by atoms with van der Waals surface area (Å²) in [6, 6.07) is 16.6. The van der Waals surface area contributed by atoms with E-state index in [9.17, 15) is 4.79 Å². The molecule has 0 aliphatic rings. The van der Waals surface area contributed by atoms with Crippen molar-refractivity contribution in [3.8, 4) is 11.4 Å². The number of hydrogen-bond donors (Lipinski definition) is 1. The molecule has 1 aromatic heterocycles. The van der Waals surface area contributed by atoms with E-state index in [4.69, 9.17) is 16.3 Å². The average molecular weight is 390 g/mol. The summed E-state index contributed by atoms with van der Waals surface area (Å²) < 4.78 is 7.12. The van der Waals surface area contributed by atoms with Gasteiger partial charge in [0.2, 0.25) is 11.1 Å². The minimum Gasteiger partial charge on any atom is -0.492 e. The number of nitrogens with zero attached hydrogens (tertiary/aromatic N) is 4. The Hall–Kier alpha value is -2.58. The van der Waals surface area contributed by atoms with Crippen molar-refractivity contribution in [3.63, 3.8) is 0 Å². The molecule has 0 unspecified atom stereocenters. The van der Waals surface area contributed by atoms with Crippen LogP contribution in [0.5, 0.6) is 5.75 Å². The van der Waals surface area contributed by atoms with Crippen LogP contribution in [-0.2, 0) is 4.79 Å². The minimum absolute atomic E-state index is 0.114. The lowest BCUT2D eigenvalue weighted by Crippen LogP contribution is -2.29. The molecule has 0 saturated heterocycles. The summed E-state index contributed by atoms with van der Waals surface area (Å²) in [6.45, 7) is 0.783. The maximum atomic E-state index is 12.0. The first-order chi connectivity index (χ1) is 12.7. The van der Waals surface area contributed by atoms with E-state index in [1.165, 1.54) is 11.8 Å². The summed E-state index contributed by atoms with van der Waals surface area (Å²) >= 11 is 7.08. The zero-order chi connectivity index (χ0) is 18.2. The number of rotatable bonds is 8. The third-order valence-corrected chi connectivity index (χ3v) is 4.45. The molecule has 0 fully saturated rings. The number of hydrogen-bond acceptors (Lipinski definition) is 6. The van der Waals surface area contributed by atoms with E-state index in [2.05, 4.69) is 20.8 Å². The van der Waals surface area contributed by atoms with E-state index in [-0.39, 0.29) is 11.7 Å². The Labute approximate surface area is 159 Å². The third-order valence-electron chi connectivity index (χ3n) is 3.28. The monoisotopic (exact) mass is 389 g/mol. The molecule has 1 amide bonds. The Balaban J connectivity index is 1.41. The highest BCUT2D eigenvalue weighted by Crippen LogP contribution is 2.17. The van der Waals surface area contributed by atoms with Gasteiger partial charge in [0.1, 0.15) is 12.4 Å². The lowest BCUT2D eigenvalue weighted by Gasteiger charge is -2.08. The third kappa shape index (κ3) is 5.21. The molecular weight excluding hydrogens is 374 g/mol. The van der Waals surface area contributed by atoms with Gasteiger partial charge in [-0.2, -0.15) is 4.68 Å². The number of para-hydroxylation sites is 1. The summed E-state index contributed by atoms with van der Waals surface area (Å²) in [5.41, 5.74) is 0.844. The molecule has 3 rings (SSSR count).